The minimum Gasteiger partial charge on any atom is -0.496 e. The Balaban J connectivity index is 2.52. The van der Waals surface area contributed by atoms with Crippen molar-refractivity contribution in [3.05, 3.63) is 29.6 Å². The molecule has 0 heterocycles. The standard InChI is InChI=1S/C14H20FNO2/c1-3-4-5-6-9-16-14(17)12-10-11(15)7-8-13(12)18-2/h7-8,10H,3-6,9H2,1-2H3,(H,16,17). The third kappa shape index (κ3) is 4.35. The molecule has 1 aromatic rings. The zero-order valence-corrected chi connectivity index (χ0v) is 11.0. The lowest BCUT2D eigenvalue weighted by atomic mass is 10.1. The SMILES string of the molecule is CCCCCCNC(=O)c1cc(F)ccc1OC. The van der Waals surface area contributed by atoms with Crippen LogP contribution in [0.1, 0.15) is 43.0 Å². The summed E-state index contributed by atoms with van der Waals surface area (Å²) in [6, 6.07) is 3.93. The summed E-state index contributed by atoms with van der Waals surface area (Å²) in [4.78, 5) is 11.9. The van der Waals surface area contributed by atoms with E-state index >= 15 is 0 Å². The molecule has 1 aromatic carbocycles. The molecular weight excluding hydrogens is 233 g/mol. The van der Waals surface area contributed by atoms with Gasteiger partial charge in [0.2, 0.25) is 0 Å². The predicted molar refractivity (Wildman–Crippen MR) is 69.4 cm³/mol. The Morgan fingerprint density at radius 2 is 2.11 bits per heavy atom. The molecular formula is C14H20FNO2. The second-order valence-electron chi connectivity index (χ2n) is 4.16. The van der Waals surface area contributed by atoms with Crippen LogP contribution < -0.4 is 10.1 Å². The van der Waals surface area contributed by atoms with Crippen molar-refractivity contribution >= 4 is 5.91 Å². The van der Waals surface area contributed by atoms with Crippen molar-refractivity contribution in [1.82, 2.24) is 5.32 Å². The largest absolute Gasteiger partial charge is 0.496 e. The summed E-state index contributed by atoms with van der Waals surface area (Å²) in [5.41, 5.74) is 0.244. The van der Waals surface area contributed by atoms with Gasteiger partial charge in [0.1, 0.15) is 11.6 Å². The first-order chi connectivity index (χ1) is 8.69. The van der Waals surface area contributed by atoms with Gasteiger partial charge in [-0.05, 0) is 24.6 Å². The van der Waals surface area contributed by atoms with E-state index in [4.69, 9.17) is 4.74 Å². The van der Waals surface area contributed by atoms with Crippen molar-refractivity contribution in [2.45, 2.75) is 32.6 Å². The molecule has 0 atom stereocenters. The summed E-state index contributed by atoms with van der Waals surface area (Å²) in [5.74, 6) is -0.336. The molecule has 0 saturated heterocycles. The molecule has 0 saturated carbocycles. The van der Waals surface area contributed by atoms with Crippen LogP contribution in [0.3, 0.4) is 0 Å². The van der Waals surface area contributed by atoms with Crippen molar-refractivity contribution in [3.63, 3.8) is 0 Å². The first-order valence-electron chi connectivity index (χ1n) is 6.30. The Morgan fingerprint density at radius 3 is 2.78 bits per heavy atom. The van der Waals surface area contributed by atoms with Gasteiger partial charge in [0.05, 0.1) is 12.7 Å². The molecule has 1 rings (SSSR count). The summed E-state index contributed by atoms with van der Waals surface area (Å²) in [7, 11) is 1.46. The van der Waals surface area contributed by atoms with Crippen LogP contribution >= 0.6 is 0 Å². The Kier molecular flexibility index (Phi) is 6.19. The van der Waals surface area contributed by atoms with E-state index in [9.17, 15) is 9.18 Å². The predicted octanol–water partition coefficient (Wildman–Crippen LogP) is 3.14. The second kappa shape index (κ2) is 7.69. The Hall–Kier alpha value is -1.58. The summed E-state index contributed by atoms with van der Waals surface area (Å²) in [5, 5.41) is 2.77. The lowest BCUT2D eigenvalue weighted by molar-refractivity contribution is 0.0949. The number of hydrogen-bond donors (Lipinski definition) is 1. The summed E-state index contributed by atoms with van der Waals surface area (Å²) >= 11 is 0. The van der Waals surface area contributed by atoms with Gasteiger partial charge in [-0.15, -0.1) is 0 Å². The number of unbranched alkanes of at least 4 members (excludes halogenated alkanes) is 3. The van der Waals surface area contributed by atoms with Gasteiger partial charge < -0.3 is 10.1 Å². The van der Waals surface area contributed by atoms with Gasteiger partial charge in [-0.2, -0.15) is 0 Å². The number of hydrogen-bond acceptors (Lipinski definition) is 2. The first kappa shape index (κ1) is 14.5. The molecule has 1 amide bonds. The fourth-order valence-electron chi connectivity index (χ4n) is 1.71. The van der Waals surface area contributed by atoms with Crippen LogP contribution in [0.4, 0.5) is 4.39 Å². The Bertz CT molecular complexity index is 393. The van der Waals surface area contributed by atoms with Gasteiger partial charge in [0.25, 0.3) is 5.91 Å². The van der Waals surface area contributed by atoms with Crippen LogP contribution in [0.25, 0.3) is 0 Å². The molecule has 0 aliphatic carbocycles. The smallest absolute Gasteiger partial charge is 0.255 e. The molecule has 0 fully saturated rings. The van der Waals surface area contributed by atoms with Gasteiger partial charge in [-0.3, -0.25) is 4.79 Å². The van der Waals surface area contributed by atoms with Crippen LogP contribution in [0.5, 0.6) is 5.75 Å². The van der Waals surface area contributed by atoms with Crippen LogP contribution in [0.2, 0.25) is 0 Å². The molecule has 0 spiro atoms. The summed E-state index contributed by atoms with van der Waals surface area (Å²) < 4.78 is 18.1. The van der Waals surface area contributed by atoms with Gasteiger partial charge >= 0.3 is 0 Å². The number of carbonyl (C=O) groups is 1. The monoisotopic (exact) mass is 253 g/mol. The first-order valence-corrected chi connectivity index (χ1v) is 6.30. The third-order valence-corrected chi connectivity index (χ3v) is 2.72. The number of carbonyl (C=O) groups excluding carboxylic acids is 1. The summed E-state index contributed by atoms with van der Waals surface area (Å²) in [6.07, 6.45) is 4.36. The van der Waals surface area contributed by atoms with E-state index in [2.05, 4.69) is 12.2 Å². The van der Waals surface area contributed by atoms with E-state index in [1.54, 1.807) is 0 Å². The molecule has 0 unspecified atom stereocenters. The highest BCUT2D eigenvalue weighted by Crippen LogP contribution is 2.19. The van der Waals surface area contributed by atoms with Crippen LogP contribution in [-0.2, 0) is 0 Å². The van der Waals surface area contributed by atoms with Crippen molar-refractivity contribution in [2.24, 2.45) is 0 Å². The number of benzene rings is 1. The van der Waals surface area contributed by atoms with Crippen molar-refractivity contribution in [1.29, 1.82) is 0 Å². The van der Waals surface area contributed by atoms with Crippen LogP contribution in [-0.4, -0.2) is 19.6 Å². The highest BCUT2D eigenvalue weighted by atomic mass is 19.1. The summed E-state index contributed by atoms with van der Waals surface area (Å²) in [6.45, 7) is 2.74. The molecule has 0 aromatic heterocycles. The lowest BCUT2D eigenvalue weighted by Gasteiger charge is -2.09. The van der Waals surface area contributed by atoms with E-state index in [1.807, 2.05) is 0 Å². The molecule has 3 nitrogen and oxygen atoms in total. The minimum absolute atomic E-state index is 0.244. The van der Waals surface area contributed by atoms with Crippen LogP contribution in [0.15, 0.2) is 18.2 Å². The number of methoxy groups -OCH3 is 1. The highest BCUT2D eigenvalue weighted by Gasteiger charge is 2.12. The maximum atomic E-state index is 13.1. The normalized spacial score (nSPS) is 10.2. The Labute approximate surface area is 107 Å². The third-order valence-electron chi connectivity index (χ3n) is 2.72. The number of nitrogens with one attached hydrogen (secondary N) is 1. The number of rotatable bonds is 7. The average molecular weight is 253 g/mol. The minimum atomic E-state index is -0.438. The van der Waals surface area contributed by atoms with Gasteiger partial charge in [-0.25, -0.2) is 4.39 Å². The molecule has 18 heavy (non-hydrogen) atoms. The van der Waals surface area contributed by atoms with E-state index in [0.717, 1.165) is 19.3 Å². The van der Waals surface area contributed by atoms with Crippen LogP contribution in [0, 0.1) is 5.82 Å². The Morgan fingerprint density at radius 1 is 1.33 bits per heavy atom. The maximum Gasteiger partial charge on any atom is 0.255 e. The number of halogens is 1. The average Bonchev–Trinajstić information content (AvgIpc) is 2.38. The van der Waals surface area contributed by atoms with Gasteiger partial charge in [0.15, 0.2) is 0 Å². The quantitative estimate of drug-likeness (QED) is 0.758. The molecule has 0 bridgehead atoms. The molecule has 0 radical (unpaired) electrons. The molecule has 0 aliphatic heterocycles. The van der Waals surface area contributed by atoms with E-state index < -0.39 is 5.82 Å². The molecule has 1 N–H and O–H groups in total. The number of amides is 1. The van der Waals surface area contributed by atoms with E-state index in [1.165, 1.54) is 31.7 Å². The van der Waals surface area contributed by atoms with Crippen molar-refractivity contribution in [2.75, 3.05) is 13.7 Å². The number of ether oxygens (including phenoxy) is 1. The highest BCUT2D eigenvalue weighted by molar-refractivity contribution is 5.96. The zero-order valence-electron chi connectivity index (χ0n) is 11.0. The van der Waals surface area contributed by atoms with Crippen molar-refractivity contribution < 1.29 is 13.9 Å². The zero-order chi connectivity index (χ0) is 13.4. The second-order valence-corrected chi connectivity index (χ2v) is 4.16. The van der Waals surface area contributed by atoms with E-state index in [-0.39, 0.29) is 11.5 Å². The van der Waals surface area contributed by atoms with E-state index in [0.29, 0.717) is 12.3 Å². The fraction of sp³-hybridized carbons (Fsp3) is 0.500. The lowest BCUT2D eigenvalue weighted by Crippen LogP contribution is -2.25. The molecule has 0 aliphatic rings. The molecule has 4 heteroatoms. The topological polar surface area (TPSA) is 38.3 Å². The van der Waals surface area contributed by atoms with Crippen molar-refractivity contribution in [3.8, 4) is 5.75 Å². The molecule has 100 valence electrons. The fourth-order valence-corrected chi connectivity index (χ4v) is 1.71. The van der Waals surface area contributed by atoms with Gasteiger partial charge in [0, 0.05) is 6.54 Å². The van der Waals surface area contributed by atoms with Gasteiger partial charge in [-0.1, -0.05) is 26.2 Å². The maximum absolute atomic E-state index is 13.1.